The minimum Gasteiger partial charge on any atom is -0.309 e. The van der Waals surface area contributed by atoms with Gasteiger partial charge in [-0.15, -0.1) is 0 Å². The van der Waals surface area contributed by atoms with Crippen LogP contribution in [0.4, 0.5) is 0 Å². The normalized spacial score (nSPS) is 30.5. The van der Waals surface area contributed by atoms with Gasteiger partial charge in [-0.1, -0.05) is 138 Å². The monoisotopic (exact) mass is 755 g/mol. The van der Waals surface area contributed by atoms with Gasteiger partial charge in [0.1, 0.15) is 0 Å². The first-order valence-electron chi connectivity index (χ1n) is 22.8. The minimum atomic E-state index is 0.0392. The molecule has 1 aromatic heterocycles. The Morgan fingerprint density at radius 1 is 0.483 bits per heavy atom. The highest BCUT2D eigenvalue weighted by molar-refractivity contribution is 6.10. The molecule has 5 aliphatic rings. The van der Waals surface area contributed by atoms with Gasteiger partial charge >= 0.3 is 0 Å². The zero-order valence-electron chi connectivity index (χ0n) is 35.1. The average Bonchev–Trinajstić information content (AvgIpc) is 3.83. The lowest BCUT2D eigenvalue weighted by Gasteiger charge is -2.54. The molecule has 0 amide bonds. The Morgan fingerprint density at radius 2 is 1.09 bits per heavy atom. The van der Waals surface area contributed by atoms with Crippen molar-refractivity contribution in [1.82, 2.24) is 4.57 Å². The summed E-state index contributed by atoms with van der Waals surface area (Å²) >= 11 is 0. The Labute approximate surface area is 345 Å². The quantitative estimate of drug-likeness (QED) is 0.169. The lowest BCUT2D eigenvalue weighted by molar-refractivity contribution is 0.0426. The van der Waals surface area contributed by atoms with Crippen LogP contribution in [0, 0.1) is 41.4 Å². The molecular formula is C57H57N. The van der Waals surface area contributed by atoms with Gasteiger partial charge in [0.2, 0.25) is 0 Å². The second kappa shape index (κ2) is 12.6. The van der Waals surface area contributed by atoms with E-state index in [0.29, 0.717) is 23.7 Å². The van der Waals surface area contributed by atoms with Gasteiger partial charge in [0, 0.05) is 27.3 Å². The van der Waals surface area contributed by atoms with Crippen molar-refractivity contribution in [2.24, 2.45) is 41.4 Å². The van der Waals surface area contributed by atoms with Crippen LogP contribution < -0.4 is 0 Å². The van der Waals surface area contributed by atoms with Crippen molar-refractivity contribution in [1.29, 1.82) is 0 Å². The van der Waals surface area contributed by atoms with Crippen LogP contribution in [0.25, 0.3) is 60.9 Å². The maximum atomic E-state index is 2.65. The van der Waals surface area contributed by atoms with E-state index < -0.39 is 0 Å². The third-order valence-corrected chi connectivity index (χ3v) is 17.0. The van der Waals surface area contributed by atoms with Crippen molar-refractivity contribution in [2.45, 2.75) is 90.4 Å². The van der Waals surface area contributed by atoms with Crippen LogP contribution in [0.1, 0.15) is 102 Å². The number of rotatable bonds is 3. The van der Waals surface area contributed by atoms with Crippen LogP contribution in [0.5, 0.6) is 0 Å². The summed E-state index contributed by atoms with van der Waals surface area (Å²) in [5.74, 6) is 4.96. The summed E-state index contributed by atoms with van der Waals surface area (Å²) in [6.45, 7) is 12.6. The molecule has 2 bridgehead atoms. The van der Waals surface area contributed by atoms with E-state index in [9.17, 15) is 0 Å². The lowest BCUT2D eigenvalue weighted by atomic mass is 9.49. The summed E-state index contributed by atoms with van der Waals surface area (Å²) < 4.78 is 2.60. The second-order valence-corrected chi connectivity index (χ2v) is 20.0. The minimum absolute atomic E-state index is 0.0392. The van der Waals surface area contributed by atoms with Gasteiger partial charge in [0.25, 0.3) is 0 Å². The van der Waals surface area contributed by atoms with Crippen LogP contribution in [0.2, 0.25) is 0 Å². The highest BCUT2D eigenvalue weighted by Crippen LogP contribution is 2.65. The van der Waals surface area contributed by atoms with E-state index in [1.165, 1.54) is 106 Å². The number of nitrogens with zero attached hydrogens (tertiary/aromatic N) is 1. The Morgan fingerprint density at radius 3 is 1.88 bits per heavy atom. The SMILES string of the molecule is CCC1CC(C)CC(C)C12c1ccccc1-c1ccc(-n3c4ccccc4c4ccc(-c5ccc6c(c5)C5(c7ccccc7-6)C(C)CC6CC(C)CC5C6)cc43)cc12. The largest absolute Gasteiger partial charge is 0.309 e. The lowest BCUT2D eigenvalue weighted by Crippen LogP contribution is -2.49. The summed E-state index contributed by atoms with van der Waals surface area (Å²) in [6, 6.07) is 50.4. The maximum absolute atomic E-state index is 2.65. The van der Waals surface area contributed by atoms with Gasteiger partial charge in [-0.25, -0.2) is 0 Å². The predicted molar refractivity (Wildman–Crippen MR) is 244 cm³/mol. The van der Waals surface area contributed by atoms with Gasteiger partial charge in [0.15, 0.2) is 0 Å². The van der Waals surface area contributed by atoms with Gasteiger partial charge in [-0.2, -0.15) is 0 Å². The summed E-state index contributed by atoms with van der Waals surface area (Å²) in [5, 5.41) is 2.66. The van der Waals surface area contributed by atoms with Crippen LogP contribution in [-0.4, -0.2) is 4.57 Å². The molecule has 9 atom stereocenters. The van der Waals surface area contributed by atoms with Crippen molar-refractivity contribution in [2.75, 3.05) is 0 Å². The molecule has 0 N–H and O–H groups in total. The van der Waals surface area contributed by atoms with E-state index in [1.807, 2.05) is 0 Å². The fourth-order valence-corrected chi connectivity index (χ4v) is 15.2. The van der Waals surface area contributed by atoms with E-state index in [1.54, 1.807) is 22.3 Å². The third-order valence-electron chi connectivity index (χ3n) is 17.0. The molecule has 7 aromatic rings. The van der Waals surface area contributed by atoms with Crippen molar-refractivity contribution in [3.63, 3.8) is 0 Å². The zero-order chi connectivity index (χ0) is 39.1. The van der Waals surface area contributed by atoms with Gasteiger partial charge in [-0.3, -0.25) is 0 Å². The summed E-state index contributed by atoms with van der Waals surface area (Å²) in [6.07, 6.45) is 9.25. The van der Waals surface area contributed by atoms with Gasteiger partial charge in [-0.05, 0) is 166 Å². The smallest absolute Gasteiger partial charge is 0.0547 e. The first-order chi connectivity index (χ1) is 28.3. The fourth-order valence-electron chi connectivity index (χ4n) is 15.2. The molecule has 2 spiro atoms. The van der Waals surface area contributed by atoms with Crippen LogP contribution in [0.3, 0.4) is 0 Å². The topological polar surface area (TPSA) is 4.93 Å². The number of para-hydroxylation sites is 1. The molecule has 3 fully saturated rings. The second-order valence-electron chi connectivity index (χ2n) is 20.0. The maximum Gasteiger partial charge on any atom is 0.0547 e. The molecule has 1 heterocycles. The van der Waals surface area contributed by atoms with E-state index in [0.717, 1.165) is 17.8 Å². The standard InChI is InChI=1S/C57H57N/c1-6-41-27-34(2)25-36(4)56(41)50-16-10-7-14-45(50)47-24-21-43(33-53(47)56)58-54-18-12-9-15-48(54)49-23-20-40(32-55(49)58)39-19-22-46-44-13-8-11-17-51(44)57(52(46)31-39)37(5)29-38-26-35(3)28-42(57)30-38/h7-24,31-38,41-42H,6,25-30H2,1-5H3. The molecule has 58 heavy (non-hydrogen) atoms. The van der Waals surface area contributed by atoms with E-state index in [4.69, 9.17) is 0 Å². The highest BCUT2D eigenvalue weighted by atomic mass is 15.0. The molecule has 9 unspecified atom stereocenters. The van der Waals surface area contributed by atoms with Crippen molar-refractivity contribution in [3.05, 3.63) is 150 Å². The van der Waals surface area contributed by atoms with Crippen LogP contribution >= 0.6 is 0 Å². The first kappa shape index (κ1) is 35.1. The fraction of sp³-hybridized carbons (Fsp3) is 0.368. The summed E-state index contributed by atoms with van der Waals surface area (Å²) in [4.78, 5) is 0. The van der Waals surface area contributed by atoms with Crippen molar-refractivity contribution < 1.29 is 0 Å². The number of hydrogen-bond donors (Lipinski definition) is 0. The zero-order valence-corrected chi connectivity index (χ0v) is 35.1. The summed E-state index contributed by atoms with van der Waals surface area (Å²) in [7, 11) is 0. The molecule has 5 aliphatic carbocycles. The number of fused-ring (bicyclic) bond motifs is 16. The molecule has 0 aliphatic heterocycles. The van der Waals surface area contributed by atoms with Crippen LogP contribution in [-0.2, 0) is 10.8 Å². The Kier molecular flexibility index (Phi) is 7.60. The van der Waals surface area contributed by atoms with E-state index in [-0.39, 0.29) is 10.8 Å². The molecule has 12 rings (SSSR count). The van der Waals surface area contributed by atoms with Gasteiger partial charge in [0.05, 0.1) is 11.0 Å². The predicted octanol–water partition coefficient (Wildman–Crippen LogP) is 15.2. The van der Waals surface area contributed by atoms with Gasteiger partial charge < -0.3 is 4.57 Å². The molecule has 1 nitrogen and oxygen atoms in total. The van der Waals surface area contributed by atoms with Crippen molar-refractivity contribution in [3.8, 4) is 39.1 Å². The highest BCUT2D eigenvalue weighted by Gasteiger charge is 2.57. The number of aromatic nitrogens is 1. The first-order valence-corrected chi connectivity index (χ1v) is 22.8. The molecule has 0 radical (unpaired) electrons. The third kappa shape index (κ3) is 4.49. The molecule has 290 valence electrons. The Balaban J connectivity index is 1.05. The molecule has 6 aromatic carbocycles. The molecular weight excluding hydrogens is 699 g/mol. The van der Waals surface area contributed by atoms with Crippen molar-refractivity contribution >= 4 is 21.8 Å². The molecule has 0 saturated heterocycles. The Hall–Kier alpha value is -4.88. The van der Waals surface area contributed by atoms with E-state index >= 15 is 0 Å². The number of benzene rings is 6. The molecule has 3 saturated carbocycles. The number of hydrogen-bond acceptors (Lipinski definition) is 0. The average molecular weight is 756 g/mol. The van der Waals surface area contributed by atoms with E-state index in [2.05, 4.69) is 167 Å². The Bertz CT molecular complexity index is 2790. The summed E-state index contributed by atoms with van der Waals surface area (Å²) in [5.41, 5.74) is 18.9. The van der Waals surface area contributed by atoms with Crippen LogP contribution in [0.15, 0.2) is 127 Å². The molecule has 1 heteroatoms.